The van der Waals surface area contributed by atoms with Crippen LogP contribution in [0.2, 0.25) is 5.02 Å². The molecule has 2 N–H and O–H groups in total. The minimum atomic E-state index is 0.182. The molecule has 3 rings (SSSR count). The third kappa shape index (κ3) is 2.17. The van der Waals surface area contributed by atoms with Gasteiger partial charge in [-0.3, -0.25) is 5.41 Å². The number of benzene rings is 1. The number of halogens is 2. The Kier molecular flexibility index (Phi) is 3.12. The Morgan fingerprint density at radius 1 is 1.37 bits per heavy atom. The van der Waals surface area contributed by atoms with Crippen LogP contribution in [0.3, 0.4) is 0 Å². The molecule has 0 atom stereocenters. The molecule has 0 aliphatic carbocycles. The van der Waals surface area contributed by atoms with Crippen LogP contribution in [0, 0.1) is 5.41 Å². The van der Waals surface area contributed by atoms with Crippen molar-refractivity contribution in [2.24, 2.45) is 0 Å². The summed E-state index contributed by atoms with van der Waals surface area (Å²) >= 11 is 9.70. The first-order chi connectivity index (χ1) is 9.16. The number of H-pyrrole nitrogens is 1. The van der Waals surface area contributed by atoms with Gasteiger partial charge in [0.1, 0.15) is 5.52 Å². The maximum atomic E-state index is 7.71. The predicted molar refractivity (Wildman–Crippen MR) is 76.0 cm³/mol. The van der Waals surface area contributed by atoms with Gasteiger partial charge in [0.2, 0.25) is 0 Å². The molecule has 0 spiro atoms. The third-order valence-electron chi connectivity index (χ3n) is 2.84. The molecule has 0 bridgehead atoms. The van der Waals surface area contributed by atoms with Gasteiger partial charge in [-0.05, 0) is 12.1 Å². The Balaban J connectivity index is 2.14. The molecule has 0 saturated heterocycles. The van der Waals surface area contributed by atoms with E-state index in [1.807, 2.05) is 22.8 Å². The highest BCUT2D eigenvalue weighted by atomic mass is 79.9. The Labute approximate surface area is 121 Å². The topological polar surface area (TPSA) is 70.3 Å². The van der Waals surface area contributed by atoms with Gasteiger partial charge >= 0.3 is 0 Å². The van der Waals surface area contributed by atoms with Crippen molar-refractivity contribution in [1.82, 2.24) is 19.5 Å². The van der Waals surface area contributed by atoms with Crippen LogP contribution in [0.1, 0.15) is 5.56 Å². The van der Waals surface area contributed by atoms with Crippen LogP contribution in [-0.4, -0.2) is 19.5 Å². The van der Waals surface area contributed by atoms with Crippen molar-refractivity contribution in [3.05, 3.63) is 51.4 Å². The smallest absolute Gasteiger partial charge is 0.173 e. The summed E-state index contributed by atoms with van der Waals surface area (Å²) in [6.07, 6.45) is 3.16. The van der Waals surface area contributed by atoms with Gasteiger partial charge in [0, 0.05) is 15.1 Å². The maximum Gasteiger partial charge on any atom is 0.173 e. The van der Waals surface area contributed by atoms with Crippen LogP contribution in [-0.2, 0) is 6.54 Å². The number of fused-ring (bicyclic) bond motifs is 1. The zero-order valence-corrected chi connectivity index (χ0v) is 12.0. The first-order valence-corrected chi connectivity index (χ1v) is 6.70. The van der Waals surface area contributed by atoms with Gasteiger partial charge in [0.15, 0.2) is 11.1 Å². The molecule has 96 valence electrons. The van der Waals surface area contributed by atoms with Crippen LogP contribution in [0.15, 0.2) is 35.3 Å². The molecule has 0 radical (unpaired) electrons. The summed E-state index contributed by atoms with van der Waals surface area (Å²) < 4.78 is 2.79. The second-order valence-corrected chi connectivity index (χ2v) is 5.28. The van der Waals surface area contributed by atoms with E-state index in [2.05, 4.69) is 30.9 Å². The minimum Gasteiger partial charge on any atom is -0.340 e. The highest BCUT2D eigenvalue weighted by molar-refractivity contribution is 9.10. The number of hydrogen-bond donors (Lipinski definition) is 2. The lowest BCUT2D eigenvalue weighted by molar-refractivity contribution is 0.781. The molecular formula is C12H9BrClN5. The highest BCUT2D eigenvalue weighted by Crippen LogP contribution is 2.25. The Bertz CT molecular complexity index is 787. The van der Waals surface area contributed by atoms with E-state index in [1.54, 1.807) is 12.7 Å². The number of aromatic amines is 1. The SMILES string of the molecule is N=c1ncn(Cc2c(Cl)cccc2Br)c2nc[nH]c12. The van der Waals surface area contributed by atoms with Crippen molar-refractivity contribution >= 4 is 38.7 Å². The number of imidazole rings is 1. The van der Waals surface area contributed by atoms with E-state index >= 15 is 0 Å². The number of aromatic nitrogens is 4. The van der Waals surface area contributed by atoms with Crippen molar-refractivity contribution < 1.29 is 0 Å². The molecule has 0 unspecified atom stereocenters. The van der Waals surface area contributed by atoms with Crippen molar-refractivity contribution in [3.63, 3.8) is 0 Å². The van der Waals surface area contributed by atoms with Gasteiger partial charge in [-0.2, -0.15) is 0 Å². The molecule has 19 heavy (non-hydrogen) atoms. The predicted octanol–water partition coefficient (Wildman–Crippen LogP) is 2.70. The third-order valence-corrected chi connectivity index (χ3v) is 3.94. The number of hydrogen-bond acceptors (Lipinski definition) is 3. The Hall–Kier alpha value is -1.66. The highest BCUT2D eigenvalue weighted by Gasteiger charge is 2.09. The second-order valence-electron chi connectivity index (χ2n) is 4.02. The fourth-order valence-corrected chi connectivity index (χ4v) is 2.74. The summed E-state index contributed by atoms with van der Waals surface area (Å²) in [5.41, 5.74) is 2.44. The molecule has 0 fully saturated rings. The van der Waals surface area contributed by atoms with Gasteiger partial charge < -0.3 is 9.55 Å². The van der Waals surface area contributed by atoms with Crippen LogP contribution in [0.25, 0.3) is 11.2 Å². The van der Waals surface area contributed by atoms with Crippen molar-refractivity contribution in [2.75, 3.05) is 0 Å². The van der Waals surface area contributed by atoms with Crippen LogP contribution < -0.4 is 5.49 Å². The molecule has 0 aliphatic rings. The van der Waals surface area contributed by atoms with E-state index in [0.717, 1.165) is 10.0 Å². The minimum absolute atomic E-state index is 0.182. The lowest BCUT2D eigenvalue weighted by Gasteiger charge is -2.10. The molecule has 2 aromatic heterocycles. The van der Waals surface area contributed by atoms with E-state index in [0.29, 0.717) is 22.7 Å². The lowest BCUT2D eigenvalue weighted by atomic mass is 10.2. The molecule has 1 aromatic carbocycles. The van der Waals surface area contributed by atoms with E-state index in [1.165, 1.54) is 0 Å². The number of nitrogens with zero attached hydrogens (tertiary/aromatic N) is 3. The quantitative estimate of drug-likeness (QED) is 0.754. The summed E-state index contributed by atoms with van der Waals surface area (Å²) in [5.74, 6) is 0. The van der Waals surface area contributed by atoms with Gasteiger partial charge in [0.05, 0.1) is 19.2 Å². The maximum absolute atomic E-state index is 7.71. The normalized spacial score (nSPS) is 11.1. The molecule has 0 saturated carbocycles. The first kappa shape index (κ1) is 12.4. The Morgan fingerprint density at radius 2 is 2.21 bits per heavy atom. The molecule has 2 heterocycles. The average Bonchev–Trinajstić information content (AvgIpc) is 2.87. The van der Waals surface area contributed by atoms with Crippen LogP contribution in [0.4, 0.5) is 0 Å². The fourth-order valence-electron chi connectivity index (χ4n) is 1.90. The van der Waals surface area contributed by atoms with Crippen molar-refractivity contribution in [2.45, 2.75) is 6.54 Å². The fraction of sp³-hybridized carbons (Fsp3) is 0.0833. The summed E-state index contributed by atoms with van der Waals surface area (Å²) in [4.78, 5) is 11.2. The summed E-state index contributed by atoms with van der Waals surface area (Å²) in [6, 6.07) is 5.67. The van der Waals surface area contributed by atoms with E-state index in [-0.39, 0.29) is 5.49 Å². The number of nitrogens with one attached hydrogen (secondary N) is 2. The van der Waals surface area contributed by atoms with E-state index in [4.69, 9.17) is 17.0 Å². The molecule has 3 aromatic rings. The van der Waals surface area contributed by atoms with Crippen molar-refractivity contribution in [1.29, 1.82) is 5.41 Å². The van der Waals surface area contributed by atoms with Gasteiger partial charge in [-0.1, -0.05) is 33.6 Å². The molecule has 0 aliphatic heterocycles. The van der Waals surface area contributed by atoms with Crippen LogP contribution >= 0.6 is 27.5 Å². The second kappa shape index (κ2) is 4.79. The lowest BCUT2D eigenvalue weighted by Crippen LogP contribution is -2.13. The van der Waals surface area contributed by atoms with E-state index in [9.17, 15) is 0 Å². The van der Waals surface area contributed by atoms with Crippen molar-refractivity contribution in [3.8, 4) is 0 Å². The molecule has 5 nitrogen and oxygen atoms in total. The zero-order chi connectivity index (χ0) is 13.4. The first-order valence-electron chi connectivity index (χ1n) is 5.53. The summed E-state index contributed by atoms with van der Waals surface area (Å²) in [5, 5.41) is 8.39. The summed E-state index contributed by atoms with van der Waals surface area (Å²) in [6.45, 7) is 0.537. The molecular weight excluding hydrogens is 330 g/mol. The summed E-state index contributed by atoms with van der Waals surface area (Å²) in [7, 11) is 0. The molecule has 7 heteroatoms. The molecule has 0 amide bonds. The standard InChI is InChI=1S/C12H9BrClN5/c13-8-2-1-3-9(14)7(8)4-19-6-18-11(15)10-12(19)17-5-16-10/h1-3,5-6,15H,4H2,(H,16,17). The zero-order valence-electron chi connectivity index (χ0n) is 9.69. The average molecular weight is 339 g/mol. The monoisotopic (exact) mass is 337 g/mol. The van der Waals surface area contributed by atoms with Gasteiger partial charge in [0.25, 0.3) is 0 Å². The van der Waals surface area contributed by atoms with E-state index < -0.39 is 0 Å². The van der Waals surface area contributed by atoms with Crippen LogP contribution in [0.5, 0.6) is 0 Å². The number of rotatable bonds is 2. The Morgan fingerprint density at radius 3 is 3.00 bits per heavy atom. The largest absolute Gasteiger partial charge is 0.340 e. The van der Waals surface area contributed by atoms with Gasteiger partial charge in [-0.15, -0.1) is 0 Å². The van der Waals surface area contributed by atoms with Gasteiger partial charge in [-0.25, -0.2) is 9.97 Å².